The molecule has 90 valence electrons. The Labute approximate surface area is 109 Å². The Morgan fingerprint density at radius 1 is 1.47 bits per heavy atom. The highest BCUT2D eigenvalue weighted by molar-refractivity contribution is 9.10. The number of nitrogens with one attached hydrogen (secondary N) is 1. The minimum Gasteiger partial charge on any atom is -0.334 e. The molecular formula is C12H14BrN3O. The van der Waals surface area contributed by atoms with Gasteiger partial charge in [-0.3, -0.25) is 0 Å². The number of hydrogen-bond donors (Lipinski definition) is 1. The molecule has 17 heavy (non-hydrogen) atoms. The summed E-state index contributed by atoms with van der Waals surface area (Å²) in [5, 5.41) is 7.11. The number of rotatable bonds is 4. The molecule has 1 aromatic carbocycles. The van der Waals surface area contributed by atoms with E-state index in [0.717, 1.165) is 22.3 Å². The van der Waals surface area contributed by atoms with Gasteiger partial charge < -0.3 is 9.84 Å². The fraction of sp³-hybridized carbons (Fsp3) is 0.333. The van der Waals surface area contributed by atoms with Gasteiger partial charge in [0, 0.05) is 22.5 Å². The van der Waals surface area contributed by atoms with Gasteiger partial charge in [-0.05, 0) is 32.2 Å². The lowest BCUT2D eigenvalue weighted by atomic mass is 10.2. The normalized spacial score (nSPS) is 12.6. The topological polar surface area (TPSA) is 51.0 Å². The lowest BCUT2D eigenvalue weighted by molar-refractivity contribution is 0.418. The van der Waals surface area contributed by atoms with Crippen molar-refractivity contribution in [1.82, 2.24) is 15.5 Å². The Balaban J connectivity index is 2.18. The molecule has 0 fully saturated rings. The molecular weight excluding hydrogens is 282 g/mol. The Hall–Kier alpha value is -1.20. The number of nitrogens with zero attached hydrogens (tertiary/aromatic N) is 2. The van der Waals surface area contributed by atoms with E-state index in [1.54, 1.807) is 0 Å². The maximum atomic E-state index is 5.24. The summed E-state index contributed by atoms with van der Waals surface area (Å²) in [6, 6.07) is 8.15. The van der Waals surface area contributed by atoms with Crippen LogP contribution in [0.1, 0.15) is 12.7 Å². The van der Waals surface area contributed by atoms with Gasteiger partial charge in [-0.2, -0.15) is 4.98 Å². The second-order valence-electron chi connectivity index (χ2n) is 3.92. The lowest BCUT2D eigenvalue weighted by Crippen LogP contribution is -2.24. The summed E-state index contributed by atoms with van der Waals surface area (Å²) >= 11 is 3.42. The summed E-state index contributed by atoms with van der Waals surface area (Å²) in [6.45, 7) is 2.08. The largest absolute Gasteiger partial charge is 0.334 e. The van der Waals surface area contributed by atoms with Gasteiger partial charge >= 0.3 is 0 Å². The first-order valence-corrected chi connectivity index (χ1v) is 6.24. The zero-order valence-corrected chi connectivity index (χ0v) is 11.4. The monoisotopic (exact) mass is 295 g/mol. The van der Waals surface area contributed by atoms with Crippen molar-refractivity contribution < 1.29 is 4.52 Å². The first kappa shape index (κ1) is 12.3. The number of likely N-dealkylation sites (N-methyl/N-ethyl adjacent to an activating group) is 1. The zero-order chi connectivity index (χ0) is 12.3. The van der Waals surface area contributed by atoms with Gasteiger partial charge in [-0.1, -0.05) is 27.2 Å². The van der Waals surface area contributed by atoms with Crippen LogP contribution in [0.5, 0.6) is 0 Å². The molecule has 1 N–H and O–H groups in total. The van der Waals surface area contributed by atoms with Crippen LogP contribution in [0, 0.1) is 0 Å². The van der Waals surface area contributed by atoms with Crippen molar-refractivity contribution in [2.75, 3.05) is 7.05 Å². The minimum atomic E-state index is 0.336. The third-order valence-electron chi connectivity index (χ3n) is 2.52. The smallest absolute Gasteiger partial charge is 0.257 e. The maximum absolute atomic E-state index is 5.24. The highest BCUT2D eigenvalue weighted by atomic mass is 79.9. The molecule has 0 aliphatic carbocycles. The molecule has 1 atom stereocenters. The number of benzene rings is 1. The third-order valence-corrected chi connectivity index (χ3v) is 3.01. The maximum Gasteiger partial charge on any atom is 0.257 e. The number of halogens is 1. The van der Waals surface area contributed by atoms with Crippen LogP contribution in [0.3, 0.4) is 0 Å². The van der Waals surface area contributed by atoms with Gasteiger partial charge in [0.25, 0.3) is 5.89 Å². The molecule has 1 aromatic heterocycles. The highest BCUT2D eigenvalue weighted by Gasteiger charge is 2.10. The standard InChI is InChI=1S/C12H14BrN3O/c1-8(14-2)6-11-15-12(17-16-11)9-4-3-5-10(13)7-9/h3-5,7-8,14H,6H2,1-2H3. The molecule has 2 aromatic rings. The summed E-state index contributed by atoms with van der Waals surface area (Å²) in [5.41, 5.74) is 0.926. The summed E-state index contributed by atoms with van der Waals surface area (Å²) in [5.74, 6) is 1.28. The first-order chi connectivity index (χ1) is 8.19. The lowest BCUT2D eigenvalue weighted by Gasteiger charge is -2.04. The van der Waals surface area contributed by atoms with Crippen LogP contribution in [0.2, 0.25) is 0 Å². The molecule has 1 heterocycles. The summed E-state index contributed by atoms with van der Waals surface area (Å²) in [4.78, 5) is 4.37. The Morgan fingerprint density at radius 3 is 3.00 bits per heavy atom. The Kier molecular flexibility index (Phi) is 3.91. The van der Waals surface area contributed by atoms with Crippen molar-refractivity contribution in [2.45, 2.75) is 19.4 Å². The fourth-order valence-corrected chi connectivity index (χ4v) is 1.85. The average molecular weight is 296 g/mol. The molecule has 0 aliphatic heterocycles. The second-order valence-corrected chi connectivity index (χ2v) is 4.84. The predicted molar refractivity (Wildman–Crippen MR) is 69.7 cm³/mol. The summed E-state index contributed by atoms with van der Waals surface area (Å²) in [6.07, 6.45) is 0.758. The summed E-state index contributed by atoms with van der Waals surface area (Å²) < 4.78 is 6.24. The molecule has 0 saturated heterocycles. The van der Waals surface area contributed by atoms with Gasteiger partial charge in [0.15, 0.2) is 5.82 Å². The van der Waals surface area contributed by atoms with Crippen molar-refractivity contribution >= 4 is 15.9 Å². The van der Waals surface area contributed by atoms with Gasteiger partial charge in [0.2, 0.25) is 0 Å². The fourth-order valence-electron chi connectivity index (χ4n) is 1.45. The summed E-state index contributed by atoms with van der Waals surface area (Å²) in [7, 11) is 1.92. The SMILES string of the molecule is CNC(C)Cc1noc(-c2cccc(Br)c2)n1. The average Bonchev–Trinajstić information content (AvgIpc) is 2.77. The van der Waals surface area contributed by atoms with E-state index in [-0.39, 0.29) is 0 Å². The van der Waals surface area contributed by atoms with Crippen LogP contribution in [0.25, 0.3) is 11.5 Å². The molecule has 0 aliphatic rings. The van der Waals surface area contributed by atoms with Crippen LogP contribution < -0.4 is 5.32 Å². The van der Waals surface area contributed by atoms with E-state index < -0.39 is 0 Å². The minimum absolute atomic E-state index is 0.336. The van der Waals surface area contributed by atoms with E-state index in [1.165, 1.54) is 0 Å². The van der Waals surface area contributed by atoms with Crippen LogP contribution in [0.15, 0.2) is 33.3 Å². The molecule has 0 saturated carbocycles. The Bertz CT molecular complexity index is 498. The van der Waals surface area contributed by atoms with Crippen molar-refractivity contribution in [2.24, 2.45) is 0 Å². The molecule has 2 rings (SSSR count). The van der Waals surface area contributed by atoms with Crippen molar-refractivity contribution in [3.05, 3.63) is 34.6 Å². The third kappa shape index (κ3) is 3.14. The second kappa shape index (κ2) is 5.42. The molecule has 1 unspecified atom stereocenters. The number of hydrogen-bond acceptors (Lipinski definition) is 4. The molecule has 0 bridgehead atoms. The molecule has 4 nitrogen and oxygen atoms in total. The predicted octanol–water partition coefficient (Wildman–Crippen LogP) is 2.65. The zero-order valence-electron chi connectivity index (χ0n) is 9.77. The van der Waals surface area contributed by atoms with E-state index in [4.69, 9.17) is 4.52 Å². The van der Waals surface area contributed by atoms with Gasteiger partial charge in [-0.25, -0.2) is 0 Å². The van der Waals surface area contributed by atoms with Gasteiger partial charge in [-0.15, -0.1) is 0 Å². The first-order valence-electron chi connectivity index (χ1n) is 5.45. The van der Waals surface area contributed by atoms with Crippen molar-refractivity contribution in [3.63, 3.8) is 0 Å². The van der Waals surface area contributed by atoms with Crippen LogP contribution in [0.4, 0.5) is 0 Å². The van der Waals surface area contributed by atoms with Crippen LogP contribution in [-0.2, 0) is 6.42 Å². The van der Waals surface area contributed by atoms with E-state index in [9.17, 15) is 0 Å². The van der Waals surface area contributed by atoms with Crippen LogP contribution >= 0.6 is 15.9 Å². The van der Waals surface area contributed by atoms with Crippen molar-refractivity contribution in [3.8, 4) is 11.5 Å². The Morgan fingerprint density at radius 2 is 2.29 bits per heavy atom. The molecule has 0 radical (unpaired) electrons. The molecule has 0 amide bonds. The van der Waals surface area contributed by atoms with E-state index in [1.807, 2.05) is 31.3 Å². The van der Waals surface area contributed by atoms with E-state index in [0.29, 0.717) is 11.9 Å². The van der Waals surface area contributed by atoms with E-state index in [2.05, 4.69) is 38.3 Å². The highest BCUT2D eigenvalue weighted by Crippen LogP contribution is 2.21. The van der Waals surface area contributed by atoms with Gasteiger partial charge in [0.05, 0.1) is 0 Å². The van der Waals surface area contributed by atoms with Crippen molar-refractivity contribution in [1.29, 1.82) is 0 Å². The molecule has 0 spiro atoms. The quantitative estimate of drug-likeness (QED) is 0.942. The molecule has 5 heteroatoms. The van der Waals surface area contributed by atoms with Crippen LogP contribution in [-0.4, -0.2) is 23.2 Å². The number of aromatic nitrogens is 2. The van der Waals surface area contributed by atoms with E-state index >= 15 is 0 Å². The van der Waals surface area contributed by atoms with Gasteiger partial charge in [0.1, 0.15) is 0 Å².